The molecule has 6 heteroatoms. The van der Waals surface area contributed by atoms with Gasteiger partial charge in [-0.25, -0.2) is 4.98 Å². The van der Waals surface area contributed by atoms with E-state index in [-0.39, 0.29) is 6.54 Å². The number of ether oxygens (including phenoxy) is 3. The summed E-state index contributed by atoms with van der Waals surface area (Å²) in [6.07, 6.45) is 1.35. The molecule has 0 amide bonds. The van der Waals surface area contributed by atoms with Crippen molar-refractivity contribution >= 4 is 0 Å². The van der Waals surface area contributed by atoms with Gasteiger partial charge in [0.15, 0.2) is 23.7 Å². The maximum atomic E-state index is 5.63. The summed E-state index contributed by atoms with van der Waals surface area (Å²) in [7, 11) is 4.67. The summed E-state index contributed by atoms with van der Waals surface area (Å²) in [4.78, 5) is 4.07. The molecule has 0 aliphatic carbocycles. The zero-order valence-electron chi connectivity index (χ0n) is 11.1. The van der Waals surface area contributed by atoms with Gasteiger partial charge in [0.25, 0.3) is 0 Å². The second kappa shape index (κ2) is 5.62. The van der Waals surface area contributed by atoms with E-state index in [1.54, 1.807) is 27.4 Å². The van der Waals surface area contributed by atoms with Crippen LogP contribution in [-0.4, -0.2) is 26.3 Å². The van der Waals surface area contributed by atoms with Gasteiger partial charge in [0, 0.05) is 6.54 Å². The molecule has 2 N–H and O–H groups in total. The molecular formula is C13H16N2O4. The van der Waals surface area contributed by atoms with Gasteiger partial charge in [-0.15, -0.1) is 0 Å². The average Bonchev–Trinajstić information content (AvgIpc) is 2.93. The molecule has 0 unspecified atom stereocenters. The Hall–Kier alpha value is -2.21. The van der Waals surface area contributed by atoms with Gasteiger partial charge in [0.1, 0.15) is 5.69 Å². The molecule has 0 spiro atoms. The van der Waals surface area contributed by atoms with E-state index in [1.807, 2.05) is 6.07 Å². The Balaban J connectivity index is 2.64. The summed E-state index contributed by atoms with van der Waals surface area (Å²) < 4.78 is 21.3. The molecule has 0 atom stereocenters. The molecule has 1 heterocycles. The summed E-state index contributed by atoms with van der Waals surface area (Å²) in [6, 6.07) is 3.60. The van der Waals surface area contributed by atoms with Crippen LogP contribution in [0.4, 0.5) is 0 Å². The first-order chi connectivity index (χ1) is 9.26. The Morgan fingerprint density at radius 1 is 1.11 bits per heavy atom. The van der Waals surface area contributed by atoms with Gasteiger partial charge in [-0.3, -0.25) is 0 Å². The first-order valence-corrected chi connectivity index (χ1v) is 5.68. The molecule has 0 aliphatic heterocycles. The summed E-state index contributed by atoms with van der Waals surface area (Å²) in [5.74, 6) is 2.17. The summed E-state index contributed by atoms with van der Waals surface area (Å²) in [5.41, 5.74) is 7.01. The molecule has 0 saturated carbocycles. The van der Waals surface area contributed by atoms with Crippen molar-refractivity contribution in [3.63, 3.8) is 0 Å². The number of hydrogen-bond donors (Lipinski definition) is 1. The summed E-state index contributed by atoms with van der Waals surface area (Å²) in [5, 5.41) is 0. The van der Waals surface area contributed by atoms with Crippen LogP contribution in [0.2, 0.25) is 0 Å². The average molecular weight is 264 g/mol. The van der Waals surface area contributed by atoms with Gasteiger partial charge in [-0.2, -0.15) is 0 Å². The number of nitrogens with two attached hydrogens (primary N) is 1. The van der Waals surface area contributed by atoms with Crippen LogP contribution >= 0.6 is 0 Å². The highest BCUT2D eigenvalue weighted by atomic mass is 16.5. The van der Waals surface area contributed by atoms with Crippen molar-refractivity contribution in [3.8, 4) is 28.6 Å². The number of methoxy groups -OCH3 is 3. The van der Waals surface area contributed by atoms with Crippen LogP contribution in [0.5, 0.6) is 17.2 Å². The van der Waals surface area contributed by atoms with E-state index in [0.29, 0.717) is 28.7 Å². The summed E-state index contributed by atoms with van der Waals surface area (Å²) >= 11 is 0. The minimum absolute atomic E-state index is 0.281. The first kappa shape index (κ1) is 13.2. The molecule has 19 heavy (non-hydrogen) atoms. The molecule has 0 bridgehead atoms. The molecule has 0 radical (unpaired) electrons. The molecule has 0 saturated heterocycles. The minimum atomic E-state index is 0.281. The van der Waals surface area contributed by atoms with Crippen LogP contribution in [-0.2, 0) is 6.54 Å². The zero-order chi connectivity index (χ0) is 13.8. The van der Waals surface area contributed by atoms with E-state index in [4.69, 9.17) is 24.4 Å². The predicted octanol–water partition coefficient (Wildman–Crippen LogP) is 1.83. The van der Waals surface area contributed by atoms with Gasteiger partial charge in [-0.05, 0) is 12.1 Å². The Morgan fingerprint density at radius 2 is 1.84 bits per heavy atom. The highest BCUT2D eigenvalue weighted by Crippen LogP contribution is 2.44. The van der Waals surface area contributed by atoms with Gasteiger partial charge in [0.2, 0.25) is 5.75 Å². The number of nitrogens with zero attached hydrogens (tertiary/aromatic N) is 1. The summed E-state index contributed by atoms with van der Waals surface area (Å²) in [6.45, 7) is 0.281. The first-order valence-electron chi connectivity index (χ1n) is 5.68. The van der Waals surface area contributed by atoms with E-state index in [9.17, 15) is 0 Å². The molecule has 2 rings (SSSR count). The minimum Gasteiger partial charge on any atom is -0.493 e. The topological polar surface area (TPSA) is 79.7 Å². The van der Waals surface area contributed by atoms with Crippen molar-refractivity contribution in [3.05, 3.63) is 24.2 Å². The van der Waals surface area contributed by atoms with E-state index in [2.05, 4.69) is 4.98 Å². The smallest absolute Gasteiger partial charge is 0.204 e. The second-order valence-electron chi connectivity index (χ2n) is 3.71. The van der Waals surface area contributed by atoms with Crippen LogP contribution in [0.15, 0.2) is 22.9 Å². The van der Waals surface area contributed by atoms with Gasteiger partial charge < -0.3 is 24.4 Å². The number of rotatable bonds is 5. The van der Waals surface area contributed by atoms with E-state index < -0.39 is 0 Å². The van der Waals surface area contributed by atoms with Crippen molar-refractivity contribution in [2.24, 2.45) is 5.73 Å². The second-order valence-corrected chi connectivity index (χ2v) is 3.71. The molecule has 102 valence electrons. The lowest BCUT2D eigenvalue weighted by Gasteiger charge is -2.14. The van der Waals surface area contributed by atoms with Crippen LogP contribution in [0.3, 0.4) is 0 Å². The zero-order valence-corrected chi connectivity index (χ0v) is 11.1. The van der Waals surface area contributed by atoms with Crippen molar-refractivity contribution < 1.29 is 18.6 Å². The third-order valence-corrected chi connectivity index (χ3v) is 2.78. The van der Waals surface area contributed by atoms with Crippen LogP contribution < -0.4 is 19.9 Å². The number of benzene rings is 1. The molecule has 0 aliphatic rings. The van der Waals surface area contributed by atoms with Crippen LogP contribution in [0, 0.1) is 0 Å². The van der Waals surface area contributed by atoms with Crippen LogP contribution in [0.25, 0.3) is 11.3 Å². The maximum Gasteiger partial charge on any atom is 0.204 e. The largest absolute Gasteiger partial charge is 0.493 e. The van der Waals surface area contributed by atoms with Gasteiger partial charge >= 0.3 is 0 Å². The normalized spacial score (nSPS) is 10.3. The van der Waals surface area contributed by atoms with Gasteiger partial charge in [0.05, 0.1) is 26.9 Å². The van der Waals surface area contributed by atoms with Crippen molar-refractivity contribution in [2.75, 3.05) is 21.3 Å². The Morgan fingerprint density at radius 3 is 2.42 bits per heavy atom. The fraction of sp³-hybridized carbons (Fsp3) is 0.308. The number of aromatic nitrogens is 1. The molecule has 2 aromatic rings. The van der Waals surface area contributed by atoms with Gasteiger partial charge in [-0.1, -0.05) is 0 Å². The fourth-order valence-electron chi connectivity index (χ4n) is 1.91. The Labute approximate surface area is 111 Å². The van der Waals surface area contributed by atoms with Crippen molar-refractivity contribution in [1.82, 2.24) is 4.98 Å². The van der Waals surface area contributed by atoms with Crippen molar-refractivity contribution in [1.29, 1.82) is 0 Å². The maximum absolute atomic E-state index is 5.63. The van der Waals surface area contributed by atoms with Crippen LogP contribution in [0.1, 0.15) is 5.69 Å². The van der Waals surface area contributed by atoms with E-state index in [0.717, 1.165) is 5.56 Å². The highest BCUT2D eigenvalue weighted by Gasteiger charge is 2.21. The quantitative estimate of drug-likeness (QED) is 0.887. The molecule has 0 fully saturated rings. The third-order valence-electron chi connectivity index (χ3n) is 2.78. The standard InChI is InChI=1S/C13H16N2O4/c1-16-10-5-4-8(12(17-2)13(10)18-3)11-9(6-14)15-7-19-11/h4-5,7H,6,14H2,1-3H3. The lowest BCUT2D eigenvalue weighted by molar-refractivity contribution is 0.324. The molecular weight excluding hydrogens is 248 g/mol. The van der Waals surface area contributed by atoms with E-state index >= 15 is 0 Å². The molecule has 6 nitrogen and oxygen atoms in total. The van der Waals surface area contributed by atoms with Crippen molar-refractivity contribution in [2.45, 2.75) is 6.54 Å². The monoisotopic (exact) mass is 264 g/mol. The number of hydrogen-bond acceptors (Lipinski definition) is 6. The lowest BCUT2D eigenvalue weighted by atomic mass is 10.1. The molecule has 1 aromatic heterocycles. The predicted molar refractivity (Wildman–Crippen MR) is 69.5 cm³/mol. The fourth-order valence-corrected chi connectivity index (χ4v) is 1.91. The third kappa shape index (κ3) is 2.22. The van der Waals surface area contributed by atoms with E-state index in [1.165, 1.54) is 6.39 Å². The highest BCUT2D eigenvalue weighted by molar-refractivity contribution is 5.74. The Kier molecular flexibility index (Phi) is 3.91. The molecule has 1 aromatic carbocycles. The Bertz CT molecular complexity index is 566. The SMILES string of the molecule is COc1ccc(-c2ocnc2CN)c(OC)c1OC. The lowest BCUT2D eigenvalue weighted by Crippen LogP contribution is -2.00. The number of oxazole rings is 1.